The van der Waals surface area contributed by atoms with Crippen LogP contribution in [0.25, 0.3) is 0 Å². The molecule has 1 rings (SSSR count). The number of hydrogen-bond donors (Lipinski definition) is 0. The van der Waals surface area contributed by atoms with E-state index in [0.29, 0.717) is 5.41 Å². The fourth-order valence-electron chi connectivity index (χ4n) is 1.27. The summed E-state index contributed by atoms with van der Waals surface area (Å²) in [7, 11) is 0. The number of rotatable bonds is 3. The lowest BCUT2D eigenvalue weighted by Crippen LogP contribution is -2.27. The molecule has 0 aromatic rings. The molecule has 0 amide bonds. The highest BCUT2D eigenvalue weighted by Gasteiger charge is 2.27. The molecule has 64 valence electrons. The lowest BCUT2D eigenvalue weighted by Gasteiger charge is -2.32. The summed E-state index contributed by atoms with van der Waals surface area (Å²) in [4.78, 5) is 0. The smallest absolute Gasteiger partial charge is 0.0927 e. The van der Waals surface area contributed by atoms with Crippen molar-refractivity contribution in [3.8, 4) is 0 Å². The Balaban J connectivity index is 2.30. The van der Waals surface area contributed by atoms with Gasteiger partial charge in [-0.25, -0.2) is 0 Å². The molecule has 0 unspecified atom stereocenters. The van der Waals surface area contributed by atoms with Gasteiger partial charge < -0.3 is 4.74 Å². The second-order valence-electron chi connectivity index (χ2n) is 3.40. The fourth-order valence-corrected chi connectivity index (χ4v) is 2.75. The lowest BCUT2D eigenvalue weighted by atomic mass is 9.85. The van der Waals surface area contributed by atoms with Crippen LogP contribution >= 0.6 is 11.8 Å². The van der Waals surface area contributed by atoms with E-state index >= 15 is 0 Å². The first-order valence-electron chi connectivity index (χ1n) is 4.07. The van der Waals surface area contributed by atoms with Crippen molar-refractivity contribution in [3.63, 3.8) is 0 Å². The zero-order chi connectivity index (χ0) is 8.16. The molecule has 1 nitrogen and oxygen atoms in total. The third-order valence-electron chi connectivity index (χ3n) is 2.25. The summed E-state index contributed by atoms with van der Waals surface area (Å²) in [6.07, 6.45) is 4.12. The van der Waals surface area contributed by atoms with Gasteiger partial charge in [0.15, 0.2) is 0 Å². The molecular weight excluding hydrogens is 156 g/mol. The van der Waals surface area contributed by atoms with Crippen molar-refractivity contribution < 1.29 is 4.74 Å². The molecule has 0 saturated carbocycles. The number of hydrogen-bond acceptors (Lipinski definition) is 2. The SMILES string of the molecule is C=COCC1(C)CCSCC1. The molecule has 11 heavy (non-hydrogen) atoms. The van der Waals surface area contributed by atoms with Gasteiger partial charge in [-0.05, 0) is 24.3 Å². The average Bonchev–Trinajstić information content (AvgIpc) is 2.03. The molecule has 1 saturated heterocycles. The minimum Gasteiger partial charge on any atom is -0.501 e. The van der Waals surface area contributed by atoms with Crippen molar-refractivity contribution >= 4 is 11.8 Å². The number of thioether (sulfide) groups is 1. The van der Waals surface area contributed by atoms with Crippen molar-refractivity contribution in [1.29, 1.82) is 0 Å². The zero-order valence-electron chi connectivity index (χ0n) is 7.14. The summed E-state index contributed by atoms with van der Waals surface area (Å²) >= 11 is 2.05. The van der Waals surface area contributed by atoms with Gasteiger partial charge in [0, 0.05) is 5.41 Å². The van der Waals surface area contributed by atoms with Crippen molar-refractivity contribution in [2.24, 2.45) is 5.41 Å². The predicted molar refractivity (Wildman–Crippen MR) is 50.8 cm³/mol. The van der Waals surface area contributed by atoms with E-state index in [-0.39, 0.29) is 0 Å². The largest absolute Gasteiger partial charge is 0.501 e. The highest BCUT2D eigenvalue weighted by Crippen LogP contribution is 2.34. The third-order valence-corrected chi connectivity index (χ3v) is 3.24. The van der Waals surface area contributed by atoms with E-state index in [0.717, 1.165) is 6.61 Å². The third kappa shape index (κ3) is 2.78. The second kappa shape index (κ2) is 4.05. The Morgan fingerprint density at radius 1 is 1.55 bits per heavy atom. The van der Waals surface area contributed by atoms with E-state index in [2.05, 4.69) is 13.5 Å². The van der Waals surface area contributed by atoms with E-state index < -0.39 is 0 Å². The maximum absolute atomic E-state index is 5.23. The Hall–Kier alpha value is -0.110. The normalized spacial score (nSPS) is 22.6. The zero-order valence-corrected chi connectivity index (χ0v) is 7.95. The highest BCUT2D eigenvalue weighted by atomic mass is 32.2. The van der Waals surface area contributed by atoms with Crippen LogP contribution in [0.2, 0.25) is 0 Å². The van der Waals surface area contributed by atoms with Gasteiger partial charge >= 0.3 is 0 Å². The molecule has 0 bridgehead atoms. The lowest BCUT2D eigenvalue weighted by molar-refractivity contribution is 0.115. The van der Waals surface area contributed by atoms with Gasteiger partial charge in [0.2, 0.25) is 0 Å². The van der Waals surface area contributed by atoms with Crippen molar-refractivity contribution in [3.05, 3.63) is 12.8 Å². The fraction of sp³-hybridized carbons (Fsp3) is 0.778. The first kappa shape index (κ1) is 8.98. The van der Waals surface area contributed by atoms with Crippen LogP contribution in [0.5, 0.6) is 0 Å². The van der Waals surface area contributed by atoms with Crippen LogP contribution in [-0.4, -0.2) is 18.1 Å². The quantitative estimate of drug-likeness (QED) is 0.605. The van der Waals surface area contributed by atoms with Crippen molar-refractivity contribution in [2.45, 2.75) is 19.8 Å². The van der Waals surface area contributed by atoms with Gasteiger partial charge in [0.1, 0.15) is 0 Å². The molecule has 0 aromatic heterocycles. The highest BCUT2D eigenvalue weighted by molar-refractivity contribution is 7.99. The molecule has 0 N–H and O–H groups in total. The van der Waals surface area contributed by atoms with Crippen molar-refractivity contribution in [2.75, 3.05) is 18.1 Å². The van der Waals surface area contributed by atoms with E-state index in [1.807, 2.05) is 11.8 Å². The first-order chi connectivity index (χ1) is 5.27. The van der Waals surface area contributed by atoms with Crippen LogP contribution in [0, 0.1) is 5.41 Å². The average molecular weight is 172 g/mol. The molecule has 0 aromatic carbocycles. The molecule has 0 aliphatic carbocycles. The molecule has 0 radical (unpaired) electrons. The van der Waals surface area contributed by atoms with Gasteiger partial charge in [-0.15, -0.1) is 0 Å². The van der Waals surface area contributed by atoms with Crippen LogP contribution < -0.4 is 0 Å². The minimum atomic E-state index is 0.416. The molecule has 1 aliphatic rings. The molecule has 0 spiro atoms. The van der Waals surface area contributed by atoms with Gasteiger partial charge in [-0.2, -0.15) is 11.8 Å². The molecule has 0 atom stereocenters. The van der Waals surface area contributed by atoms with E-state index in [9.17, 15) is 0 Å². The predicted octanol–water partition coefficient (Wildman–Crippen LogP) is 2.68. The van der Waals surface area contributed by atoms with E-state index in [1.54, 1.807) is 6.26 Å². The minimum absolute atomic E-state index is 0.416. The topological polar surface area (TPSA) is 9.23 Å². The van der Waals surface area contributed by atoms with Crippen LogP contribution in [-0.2, 0) is 4.74 Å². The van der Waals surface area contributed by atoms with Gasteiger partial charge in [-0.1, -0.05) is 13.5 Å². The summed E-state index contributed by atoms with van der Waals surface area (Å²) in [6.45, 7) is 6.69. The second-order valence-corrected chi connectivity index (χ2v) is 4.63. The maximum atomic E-state index is 5.23. The number of ether oxygens (including phenoxy) is 1. The van der Waals surface area contributed by atoms with Crippen molar-refractivity contribution in [1.82, 2.24) is 0 Å². The summed E-state index contributed by atoms with van der Waals surface area (Å²) in [5.74, 6) is 2.58. The Morgan fingerprint density at radius 2 is 2.18 bits per heavy atom. The summed E-state index contributed by atoms with van der Waals surface area (Å²) in [5, 5.41) is 0. The van der Waals surface area contributed by atoms with Gasteiger partial charge in [0.25, 0.3) is 0 Å². The van der Waals surface area contributed by atoms with Crippen LogP contribution in [0.15, 0.2) is 12.8 Å². The van der Waals surface area contributed by atoms with Crippen LogP contribution in [0.4, 0.5) is 0 Å². The van der Waals surface area contributed by atoms with E-state index in [4.69, 9.17) is 4.74 Å². The van der Waals surface area contributed by atoms with E-state index in [1.165, 1.54) is 24.3 Å². The molecular formula is C9H16OS. The Bertz CT molecular complexity index is 128. The van der Waals surface area contributed by atoms with Crippen LogP contribution in [0.3, 0.4) is 0 Å². The Morgan fingerprint density at radius 3 is 2.73 bits per heavy atom. The first-order valence-corrected chi connectivity index (χ1v) is 5.23. The monoisotopic (exact) mass is 172 g/mol. The Labute approximate surface area is 73.2 Å². The summed E-state index contributed by atoms with van der Waals surface area (Å²) < 4.78 is 5.23. The van der Waals surface area contributed by atoms with Gasteiger partial charge in [0.05, 0.1) is 12.9 Å². The van der Waals surface area contributed by atoms with Crippen LogP contribution in [0.1, 0.15) is 19.8 Å². The maximum Gasteiger partial charge on any atom is 0.0927 e. The standard InChI is InChI=1S/C9H16OS/c1-3-10-8-9(2)4-6-11-7-5-9/h3H,1,4-8H2,2H3. The molecule has 1 aliphatic heterocycles. The molecule has 2 heteroatoms. The Kier molecular flexibility index (Phi) is 3.31. The molecule has 1 heterocycles. The molecule has 1 fully saturated rings. The summed E-state index contributed by atoms with van der Waals surface area (Å²) in [5.41, 5.74) is 0.416. The van der Waals surface area contributed by atoms with Gasteiger partial charge in [-0.3, -0.25) is 0 Å². The summed E-state index contributed by atoms with van der Waals surface area (Å²) in [6, 6.07) is 0.